The predicted octanol–water partition coefficient (Wildman–Crippen LogP) is 1.93. The molecular weight excluding hydrogens is 218 g/mol. The zero-order valence-corrected chi connectivity index (χ0v) is 10.5. The van der Waals surface area contributed by atoms with Gasteiger partial charge < -0.3 is 5.32 Å². The Morgan fingerprint density at radius 2 is 2.06 bits per heavy atom. The Morgan fingerprint density at radius 3 is 2.62 bits per heavy atom. The van der Waals surface area contributed by atoms with Gasteiger partial charge in [0.1, 0.15) is 0 Å². The summed E-state index contributed by atoms with van der Waals surface area (Å²) < 4.78 is 12.0. The van der Waals surface area contributed by atoms with Gasteiger partial charge in [-0.15, -0.1) is 0 Å². The summed E-state index contributed by atoms with van der Waals surface area (Å²) in [5, 5.41) is 3.29. The maximum atomic E-state index is 12.0. The van der Waals surface area contributed by atoms with Crippen LogP contribution >= 0.6 is 0 Å². The summed E-state index contributed by atoms with van der Waals surface area (Å²) in [6.07, 6.45) is 2.60. The molecule has 1 fully saturated rings. The maximum Gasteiger partial charge on any atom is 0.0486 e. The number of nitrogens with one attached hydrogen (secondary N) is 1. The number of hydrogen-bond donors (Lipinski definition) is 1. The number of rotatable bonds is 6. The molecule has 1 aliphatic rings. The van der Waals surface area contributed by atoms with Gasteiger partial charge in [0.25, 0.3) is 0 Å². The molecule has 0 bridgehead atoms. The van der Waals surface area contributed by atoms with E-state index in [1.165, 1.54) is 18.4 Å². The van der Waals surface area contributed by atoms with Gasteiger partial charge >= 0.3 is 0 Å². The molecule has 2 atom stereocenters. The SMILES string of the molecule is CNC(CS(=O)Cc1ccccc1)C1CC1. The second-order valence-electron chi connectivity index (χ2n) is 4.47. The van der Waals surface area contributed by atoms with Crippen molar-refractivity contribution in [3.8, 4) is 0 Å². The largest absolute Gasteiger partial charge is 0.316 e. The molecule has 3 heteroatoms. The van der Waals surface area contributed by atoms with Crippen LogP contribution in [0.5, 0.6) is 0 Å². The fourth-order valence-corrected chi connectivity index (χ4v) is 3.49. The van der Waals surface area contributed by atoms with E-state index in [0.717, 1.165) is 11.7 Å². The van der Waals surface area contributed by atoms with Gasteiger partial charge in [0.15, 0.2) is 0 Å². The Bertz CT molecular complexity index is 348. The minimum atomic E-state index is -0.744. The lowest BCUT2D eigenvalue weighted by Gasteiger charge is -2.14. The van der Waals surface area contributed by atoms with Gasteiger partial charge in [-0.1, -0.05) is 30.3 Å². The highest BCUT2D eigenvalue weighted by Gasteiger charge is 2.30. The molecule has 0 saturated heterocycles. The predicted molar refractivity (Wildman–Crippen MR) is 68.7 cm³/mol. The Labute approximate surface area is 99.9 Å². The van der Waals surface area contributed by atoms with Crippen LogP contribution < -0.4 is 5.32 Å². The van der Waals surface area contributed by atoms with E-state index < -0.39 is 10.8 Å². The second kappa shape index (κ2) is 5.60. The van der Waals surface area contributed by atoms with Crippen LogP contribution in [0.25, 0.3) is 0 Å². The van der Waals surface area contributed by atoms with Gasteiger partial charge in [-0.3, -0.25) is 4.21 Å². The fraction of sp³-hybridized carbons (Fsp3) is 0.538. The Morgan fingerprint density at radius 1 is 1.38 bits per heavy atom. The standard InChI is InChI=1S/C13H19NOS/c1-14-13(12-7-8-12)10-16(15)9-11-5-3-2-4-6-11/h2-6,12-14H,7-10H2,1H3. The van der Waals surface area contributed by atoms with Gasteiger partial charge in [0.05, 0.1) is 0 Å². The van der Waals surface area contributed by atoms with Crippen molar-refractivity contribution >= 4 is 10.8 Å². The molecule has 0 amide bonds. The monoisotopic (exact) mass is 237 g/mol. The fourth-order valence-electron chi connectivity index (χ4n) is 1.97. The maximum absolute atomic E-state index is 12.0. The summed E-state index contributed by atoms with van der Waals surface area (Å²) in [6.45, 7) is 0. The average Bonchev–Trinajstić information content (AvgIpc) is 3.11. The summed E-state index contributed by atoms with van der Waals surface area (Å²) in [7, 11) is 1.23. The third-order valence-electron chi connectivity index (χ3n) is 3.10. The molecule has 1 aliphatic carbocycles. The van der Waals surface area contributed by atoms with Gasteiger partial charge in [-0.2, -0.15) is 0 Å². The molecule has 0 spiro atoms. The van der Waals surface area contributed by atoms with Crippen molar-refractivity contribution < 1.29 is 4.21 Å². The van der Waals surface area contributed by atoms with Crippen LogP contribution in [0.3, 0.4) is 0 Å². The van der Waals surface area contributed by atoms with E-state index >= 15 is 0 Å². The third-order valence-corrected chi connectivity index (χ3v) is 4.48. The van der Waals surface area contributed by atoms with Crippen molar-refractivity contribution in [3.05, 3.63) is 35.9 Å². The first-order chi connectivity index (χ1) is 7.79. The van der Waals surface area contributed by atoms with Gasteiger partial charge in [0.2, 0.25) is 0 Å². The van der Waals surface area contributed by atoms with E-state index in [4.69, 9.17) is 0 Å². The van der Waals surface area contributed by atoms with Crippen LogP contribution in [0.1, 0.15) is 18.4 Å². The molecule has 1 aromatic rings. The topological polar surface area (TPSA) is 29.1 Å². The molecule has 0 aromatic heterocycles. The van der Waals surface area contributed by atoms with Crippen LogP contribution in [0.4, 0.5) is 0 Å². The van der Waals surface area contributed by atoms with Crippen LogP contribution in [-0.2, 0) is 16.6 Å². The van der Waals surface area contributed by atoms with E-state index in [2.05, 4.69) is 5.32 Å². The summed E-state index contributed by atoms with van der Waals surface area (Å²) in [5.74, 6) is 2.24. The molecule has 0 heterocycles. The molecule has 2 nitrogen and oxygen atoms in total. The molecule has 88 valence electrons. The smallest absolute Gasteiger partial charge is 0.0486 e. The number of hydrogen-bond acceptors (Lipinski definition) is 2. The van der Waals surface area contributed by atoms with Crippen molar-refractivity contribution in [2.24, 2.45) is 5.92 Å². The second-order valence-corrected chi connectivity index (χ2v) is 5.97. The highest BCUT2D eigenvalue weighted by molar-refractivity contribution is 7.84. The number of benzene rings is 1. The molecule has 2 unspecified atom stereocenters. The Balaban J connectivity index is 1.83. The first-order valence-corrected chi connectivity index (χ1v) is 7.34. The Hall–Kier alpha value is -0.670. The molecular formula is C13H19NOS. The lowest BCUT2D eigenvalue weighted by molar-refractivity contribution is 0.546. The molecule has 1 saturated carbocycles. The quantitative estimate of drug-likeness (QED) is 0.819. The van der Waals surface area contributed by atoms with E-state index in [9.17, 15) is 4.21 Å². The van der Waals surface area contributed by atoms with E-state index in [1.54, 1.807) is 0 Å². The van der Waals surface area contributed by atoms with Gasteiger partial charge in [-0.05, 0) is 31.4 Å². The van der Waals surface area contributed by atoms with Crippen molar-refractivity contribution in [1.82, 2.24) is 5.32 Å². The summed E-state index contributed by atoms with van der Waals surface area (Å²) in [6, 6.07) is 10.5. The van der Waals surface area contributed by atoms with Crippen molar-refractivity contribution in [1.29, 1.82) is 0 Å². The van der Waals surface area contributed by atoms with Crippen LogP contribution in [0, 0.1) is 5.92 Å². The average molecular weight is 237 g/mol. The first-order valence-electron chi connectivity index (χ1n) is 5.86. The van der Waals surface area contributed by atoms with Crippen LogP contribution in [-0.4, -0.2) is 23.1 Å². The molecule has 0 aliphatic heterocycles. The lowest BCUT2D eigenvalue weighted by Crippen LogP contribution is -2.33. The minimum Gasteiger partial charge on any atom is -0.316 e. The van der Waals surface area contributed by atoms with E-state index in [1.807, 2.05) is 37.4 Å². The van der Waals surface area contributed by atoms with Gasteiger partial charge in [0, 0.05) is 28.3 Å². The molecule has 2 rings (SSSR count). The molecule has 16 heavy (non-hydrogen) atoms. The summed E-state index contributed by atoms with van der Waals surface area (Å²) in [5.41, 5.74) is 1.17. The van der Waals surface area contributed by atoms with Crippen molar-refractivity contribution in [3.63, 3.8) is 0 Å². The molecule has 0 radical (unpaired) electrons. The van der Waals surface area contributed by atoms with E-state index in [0.29, 0.717) is 11.8 Å². The van der Waals surface area contributed by atoms with E-state index in [-0.39, 0.29) is 0 Å². The third kappa shape index (κ3) is 3.42. The lowest BCUT2D eigenvalue weighted by atomic mass is 10.2. The minimum absolute atomic E-state index is 0.449. The van der Waals surface area contributed by atoms with Gasteiger partial charge in [-0.25, -0.2) is 0 Å². The molecule has 1 aromatic carbocycles. The zero-order valence-electron chi connectivity index (χ0n) is 9.69. The van der Waals surface area contributed by atoms with Crippen molar-refractivity contribution in [2.45, 2.75) is 24.6 Å². The normalized spacial score (nSPS) is 19.3. The Kier molecular flexibility index (Phi) is 4.13. The van der Waals surface area contributed by atoms with Crippen LogP contribution in [0.15, 0.2) is 30.3 Å². The summed E-state index contributed by atoms with van der Waals surface area (Å²) in [4.78, 5) is 0. The highest BCUT2D eigenvalue weighted by Crippen LogP contribution is 2.32. The molecule has 1 N–H and O–H groups in total. The zero-order chi connectivity index (χ0) is 11.4. The van der Waals surface area contributed by atoms with Crippen molar-refractivity contribution in [2.75, 3.05) is 12.8 Å². The van der Waals surface area contributed by atoms with Crippen LogP contribution in [0.2, 0.25) is 0 Å². The summed E-state index contributed by atoms with van der Waals surface area (Å²) >= 11 is 0. The first kappa shape index (κ1) is 11.8. The highest BCUT2D eigenvalue weighted by atomic mass is 32.2.